The fourth-order valence-corrected chi connectivity index (χ4v) is 2.73. The molecule has 10 radical (unpaired) electrons. The molecule has 2 aliphatic rings. The van der Waals surface area contributed by atoms with Crippen LogP contribution in [0.5, 0.6) is 0 Å². The Balaban J connectivity index is 0.00000261. The Labute approximate surface area is 173 Å². The van der Waals surface area contributed by atoms with Gasteiger partial charge in [-0.25, -0.2) is 4.79 Å². The summed E-state index contributed by atoms with van der Waals surface area (Å²) >= 11 is 0. The number of methoxy groups -OCH3 is 2. The van der Waals surface area contributed by atoms with E-state index in [9.17, 15) is 4.79 Å². The second kappa shape index (κ2) is 10.7. The Morgan fingerprint density at radius 3 is 1.93 bits per heavy atom. The van der Waals surface area contributed by atoms with Gasteiger partial charge in [-0.3, -0.25) is 0 Å². The van der Waals surface area contributed by atoms with Crippen molar-refractivity contribution in [2.24, 2.45) is 0 Å². The van der Waals surface area contributed by atoms with Crippen molar-refractivity contribution in [3.8, 4) is 0 Å². The van der Waals surface area contributed by atoms with Crippen molar-refractivity contribution < 1.29 is 31.3 Å². The van der Waals surface area contributed by atoms with Crippen LogP contribution < -0.4 is 0 Å². The first kappa shape index (κ1) is 21.8. The molecule has 1 aromatic rings. The van der Waals surface area contributed by atoms with E-state index in [-0.39, 0.29) is 23.0 Å². The van der Waals surface area contributed by atoms with Gasteiger partial charge in [0, 0.05) is 11.8 Å². The Hall–Kier alpha value is -1.51. The zero-order valence-corrected chi connectivity index (χ0v) is 16.3. The van der Waals surface area contributed by atoms with Crippen molar-refractivity contribution in [3.05, 3.63) is 117 Å². The van der Waals surface area contributed by atoms with Crippen LogP contribution in [-0.4, -0.2) is 20.2 Å². The van der Waals surface area contributed by atoms with Gasteiger partial charge < -0.3 is 9.47 Å². The predicted octanol–water partition coefficient (Wildman–Crippen LogP) is 4.19. The van der Waals surface area contributed by atoms with Gasteiger partial charge in [-0.1, -0.05) is 18.2 Å². The number of esters is 1. The minimum Gasteiger partial charge on any atom is -0.500 e. The van der Waals surface area contributed by atoms with Crippen LogP contribution >= 0.6 is 0 Å². The predicted molar refractivity (Wildman–Crippen MR) is 102 cm³/mol. The molecular weight excluding hydrogens is 380 g/mol. The Morgan fingerprint density at radius 1 is 0.815 bits per heavy atom. The fraction of sp³-hybridized carbons (Fsp3) is 0.0870. The average Bonchev–Trinajstić information content (AvgIpc) is 3.38. The zero-order chi connectivity index (χ0) is 18.4. The molecular formula is C23H20FeO3+2. The topological polar surface area (TPSA) is 35.5 Å². The largest absolute Gasteiger partial charge is 2.00 e. The minimum atomic E-state index is -0.344. The molecule has 0 aliphatic heterocycles. The van der Waals surface area contributed by atoms with Gasteiger partial charge in [0.2, 0.25) is 0 Å². The smallest absolute Gasteiger partial charge is 0.500 e. The summed E-state index contributed by atoms with van der Waals surface area (Å²) in [5.41, 5.74) is 2.50. The van der Waals surface area contributed by atoms with E-state index in [0.29, 0.717) is 5.56 Å². The standard InChI is InChI=1S/C23H20O3.Fe/c1-25-22(19-9-5-6-10-19)16-21(15-17-7-3-4-8-17)18-11-13-20(14-12-18)23(24)26-2;/h3-16H,1-2H3;/q;+2/b21-15+,22-16+;. The molecule has 27 heavy (non-hydrogen) atoms. The second-order valence-electron chi connectivity index (χ2n) is 5.77. The van der Waals surface area contributed by atoms with Gasteiger partial charge in [0.05, 0.1) is 19.8 Å². The van der Waals surface area contributed by atoms with Gasteiger partial charge >= 0.3 is 23.0 Å². The Bertz CT molecular complexity index is 663. The van der Waals surface area contributed by atoms with Crippen molar-refractivity contribution in [2.45, 2.75) is 0 Å². The third-order valence-corrected chi connectivity index (χ3v) is 4.10. The maximum absolute atomic E-state index is 11.7. The first-order valence-corrected chi connectivity index (χ1v) is 8.31. The minimum absolute atomic E-state index is 0. The van der Waals surface area contributed by atoms with Gasteiger partial charge in [0.25, 0.3) is 0 Å². The van der Waals surface area contributed by atoms with E-state index in [4.69, 9.17) is 9.47 Å². The van der Waals surface area contributed by atoms with Crippen LogP contribution in [0.25, 0.3) is 5.57 Å². The van der Waals surface area contributed by atoms with E-state index in [1.165, 1.54) is 7.11 Å². The normalized spacial score (nSPS) is 19.0. The quantitative estimate of drug-likeness (QED) is 0.311. The van der Waals surface area contributed by atoms with Gasteiger partial charge in [0.15, 0.2) is 0 Å². The summed E-state index contributed by atoms with van der Waals surface area (Å²) in [6.45, 7) is 0. The summed E-state index contributed by atoms with van der Waals surface area (Å²) in [6.07, 6.45) is 20.2. The SMILES string of the molecule is COC(=O)c1ccc(C(/C=C(/OC)[C]2[CH][CH][CH][CH]2)=C/[C]2[CH][CH][CH][CH]2)cc1.[Fe+2]. The molecule has 0 spiro atoms. The number of benzene rings is 1. The van der Waals surface area contributed by atoms with Crippen molar-refractivity contribution in [1.29, 1.82) is 0 Å². The molecule has 0 saturated heterocycles. The summed E-state index contributed by atoms with van der Waals surface area (Å²) in [5, 5.41) is 0. The third kappa shape index (κ3) is 5.73. The molecule has 2 aliphatic carbocycles. The molecule has 1 aromatic carbocycles. The van der Waals surface area contributed by atoms with Crippen LogP contribution in [0.15, 0.2) is 42.2 Å². The number of rotatable bonds is 6. The maximum Gasteiger partial charge on any atom is 2.00 e. The molecule has 2 fully saturated rings. The molecule has 3 rings (SSSR count). The fourth-order valence-electron chi connectivity index (χ4n) is 2.73. The number of allylic oxidation sites excluding steroid dienone is 4. The van der Waals surface area contributed by atoms with Crippen LogP contribution in [0.1, 0.15) is 15.9 Å². The number of hydrogen-bond acceptors (Lipinski definition) is 3. The molecule has 136 valence electrons. The average molecular weight is 400 g/mol. The number of carbonyl (C=O) groups excluding carboxylic acids is 1. The van der Waals surface area contributed by atoms with Crippen molar-refractivity contribution >= 4 is 11.5 Å². The first-order valence-electron chi connectivity index (χ1n) is 8.31. The molecule has 0 unspecified atom stereocenters. The van der Waals surface area contributed by atoms with Crippen molar-refractivity contribution in [1.82, 2.24) is 0 Å². The van der Waals surface area contributed by atoms with E-state index in [2.05, 4.69) is 6.08 Å². The third-order valence-electron chi connectivity index (χ3n) is 4.10. The molecule has 0 amide bonds. The molecule has 0 atom stereocenters. The van der Waals surface area contributed by atoms with Crippen molar-refractivity contribution in [3.63, 3.8) is 0 Å². The van der Waals surface area contributed by atoms with E-state index in [1.54, 1.807) is 19.2 Å². The summed E-state index contributed by atoms with van der Waals surface area (Å²) in [5.74, 6) is 2.56. The molecule has 2 saturated carbocycles. The van der Waals surface area contributed by atoms with E-state index < -0.39 is 0 Å². The summed E-state index contributed by atoms with van der Waals surface area (Å²) in [4.78, 5) is 11.7. The van der Waals surface area contributed by atoms with Gasteiger partial charge in [-0.15, -0.1) is 0 Å². The Kier molecular flexibility index (Phi) is 8.66. The maximum atomic E-state index is 11.7. The zero-order valence-electron chi connectivity index (χ0n) is 15.2. The second-order valence-corrected chi connectivity index (χ2v) is 5.77. The molecule has 4 heteroatoms. The van der Waals surface area contributed by atoms with Crippen LogP contribution in [0.3, 0.4) is 0 Å². The van der Waals surface area contributed by atoms with E-state index >= 15 is 0 Å². The molecule has 0 aromatic heterocycles. The van der Waals surface area contributed by atoms with Crippen LogP contribution in [0.2, 0.25) is 0 Å². The summed E-state index contributed by atoms with van der Waals surface area (Å²) in [7, 11) is 3.05. The first-order chi connectivity index (χ1) is 12.7. The van der Waals surface area contributed by atoms with Gasteiger partial charge in [0.1, 0.15) is 5.76 Å². The number of ether oxygens (including phenoxy) is 2. The molecule has 0 heterocycles. The number of hydrogen-bond donors (Lipinski definition) is 0. The van der Waals surface area contributed by atoms with E-state index in [1.807, 2.05) is 69.6 Å². The molecule has 0 N–H and O–H groups in total. The molecule has 3 nitrogen and oxygen atoms in total. The Morgan fingerprint density at radius 2 is 1.37 bits per heavy atom. The van der Waals surface area contributed by atoms with Gasteiger partial charge in [-0.05, 0) is 80.7 Å². The van der Waals surface area contributed by atoms with Gasteiger partial charge in [-0.2, -0.15) is 0 Å². The van der Waals surface area contributed by atoms with Crippen LogP contribution in [0.4, 0.5) is 0 Å². The summed E-state index contributed by atoms with van der Waals surface area (Å²) < 4.78 is 10.4. The number of carbonyl (C=O) groups is 1. The van der Waals surface area contributed by atoms with Crippen molar-refractivity contribution in [2.75, 3.05) is 14.2 Å². The summed E-state index contributed by atoms with van der Waals surface area (Å²) in [6, 6.07) is 7.36. The van der Waals surface area contributed by atoms with Crippen LogP contribution in [-0.2, 0) is 26.5 Å². The molecule has 0 bridgehead atoms. The monoisotopic (exact) mass is 400 g/mol. The van der Waals surface area contributed by atoms with E-state index in [0.717, 1.165) is 28.7 Å². The van der Waals surface area contributed by atoms with Crippen LogP contribution in [0, 0.1) is 63.2 Å².